The summed E-state index contributed by atoms with van der Waals surface area (Å²) in [7, 11) is 0. The van der Waals surface area contributed by atoms with Gasteiger partial charge in [-0.3, -0.25) is 5.21 Å². The Morgan fingerprint density at radius 1 is 1.50 bits per heavy atom. The van der Waals surface area contributed by atoms with Crippen molar-refractivity contribution in [2.75, 3.05) is 6.54 Å². The Bertz CT molecular complexity index is 676. The Morgan fingerprint density at radius 3 is 2.91 bits per heavy atom. The molecule has 22 heavy (non-hydrogen) atoms. The molecule has 2 atom stereocenters. The quantitative estimate of drug-likeness (QED) is 0.645. The lowest BCUT2D eigenvalue weighted by molar-refractivity contribution is -0.0432. The SMILES string of the molecule is NC(=O)N(O)CC1CC1c1csc(Oc2ccc(Cl)cc2)n1. The third-order valence-electron chi connectivity index (χ3n) is 3.48. The van der Waals surface area contributed by atoms with E-state index in [0.29, 0.717) is 21.0 Å². The lowest BCUT2D eigenvalue weighted by Gasteiger charge is -2.10. The normalized spacial score (nSPS) is 19.7. The largest absolute Gasteiger partial charge is 0.431 e. The Hall–Kier alpha value is -1.83. The van der Waals surface area contributed by atoms with E-state index in [9.17, 15) is 10.0 Å². The number of carbonyl (C=O) groups is 1. The molecule has 8 heteroatoms. The molecule has 0 radical (unpaired) electrons. The second-order valence-electron chi connectivity index (χ2n) is 5.12. The topological polar surface area (TPSA) is 88.7 Å². The van der Waals surface area contributed by atoms with E-state index in [1.807, 2.05) is 5.38 Å². The first-order valence-corrected chi connectivity index (χ1v) is 7.93. The average molecular weight is 340 g/mol. The number of halogens is 1. The predicted octanol–water partition coefficient (Wildman–Crippen LogP) is 3.46. The number of ether oxygens (including phenoxy) is 1. The fourth-order valence-corrected chi connectivity index (χ4v) is 3.09. The van der Waals surface area contributed by atoms with E-state index in [0.717, 1.165) is 12.1 Å². The first-order chi connectivity index (χ1) is 10.5. The second kappa shape index (κ2) is 6.12. The lowest BCUT2D eigenvalue weighted by atomic mass is 10.2. The van der Waals surface area contributed by atoms with Gasteiger partial charge in [-0.15, -0.1) is 0 Å². The molecule has 1 saturated carbocycles. The summed E-state index contributed by atoms with van der Waals surface area (Å²) in [5.41, 5.74) is 5.90. The van der Waals surface area contributed by atoms with Crippen molar-refractivity contribution >= 4 is 29.0 Å². The molecule has 116 valence electrons. The minimum atomic E-state index is -0.837. The van der Waals surface area contributed by atoms with Crippen LogP contribution < -0.4 is 10.5 Å². The number of benzene rings is 1. The van der Waals surface area contributed by atoms with Gasteiger partial charge in [0.15, 0.2) is 0 Å². The van der Waals surface area contributed by atoms with Crippen molar-refractivity contribution in [1.29, 1.82) is 0 Å². The highest BCUT2D eigenvalue weighted by atomic mass is 35.5. The molecule has 1 aromatic carbocycles. The van der Waals surface area contributed by atoms with Gasteiger partial charge in [0.25, 0.3) is 5.19 Å². The van der Waals surface area contributed by atoms with Crippen LogP contribution in [-0.2, 0) is 0 Å². The number of nitrogens with two attached hydrogens (primary N) is 1. The number of rotatable bonds is 5. The lowest BCUT2D eigenvalue weighted by Crippen LogP contribution is -2.34. The summed E-state index contributed by atoms with van der Waals surface area (Å²) in [5.74, 6) is 1.09. The standard InChI is InChI=1S/C14H14ClN3O3S/c15-9-1-3-10(4-2-9)21-14-17-12(7-22-14)11-5-8(11)6-18(20)13(16)19/h1-4,7-8,11,20H,5-6H2,(H2,16,19). The second-order valence-corrected chi connectivity index (χ2v) is 6.37. The van der Waals surface area contributed by atoms with Crippen LogP contribution in [0.4, 0.5) is 4.79 Å². The Morgan fingerprint density at radius 2 is 2.23 bits per heavy atom. The summed E-state index contributed by atoms with van der Waals surface area (Å²) >= 11 is 7.23. The molecule has 1 heterocycles. The number of hydrogen-bond donors (Lipinski definition) is 2. The minimum Gasteiger partial charge on any atom is -0.431 e. The molecule has 0 aliphatic heterocycles. The Labute approximate surface area is 136 Å². The first kappa shape index (κ1) is 15.1. The Balaban J connectivity index is 1.58. The highest BCUT2D eigenvalue weighted by Gasteiger charge is 2.41. The molecular formula is C14H14ClN3O3S. The number of aromatic nitrogens is 1. The minimum absolute atomic E-state index is 0.183. The summed E-state index contributed by atoms with van der Waals surface area (Å²) in [5, 5.41) is 13.0. The number of hydroxylamine groups is 2. The van der Waals surface area contributed by atoms with Gasteiger partial charge in [0, 0.05) is 16.3 Å². The summed E-state index contributed by atoms with van der Waals surface area (Å²) in [6, 6.07) is 6.22. The zero-order valence-corrected chi connectivity index (χ0v) is 13.0. The van der Waals surface area contributed by atoms with E-state index >= 15 is 0 Å². The molecule has 6 nitrogen and oxygen atoms in total. The number of urea groups is 1. The van der Waals surface area contributed by atoms with Crippen LogP contribution in [0.5, 0.6) is 10.9 Å². The number of carbonyl (C=O) groups excluding carboxylic acids is 1. The molecule has 3 rings (SSSR count). The van der Waals surface area contributed by atoms with E-state index in [1.54, 1.807) is 24.3 Å². The monoisotopic (exact) mass is 339 g/mol. The summed E-state index contributed by atoms with van der Waals surface area (Å²) < 4.78 is 5.66. The third-order valence-corrected chi connectivity index (χ3v) is 4.47. The highest BCUT2D eigenvalue weighted by Crippen LogP contribution is 2.48. The number of hydrogen-bond acceptors (Lipinski definition) is 5. The van der Waals surface area contributed by atoms with Gasteiger partial charge in [-0.25, -0.2) is 14.8 Å². The van der Waals surface area contributed by atoms with Gasteiger partial charge >= 0.3 is 6.03 Å². The Kier molecular flexibility index (Phi) is 4.19. The number of nitrogens with zero attached hydrogens (tertiary/aromatic N) is 2. The third kappa shape index (κ3) is 3.49. The molecule has 2 unspecified atom stereocenters. The molecule has 1 fully saturated rings. The number of amides is 2. The molecule has 0 bridgehead atoms. The van der Waals surface area contributed by atoms with E-state index in [1.165, 1.54) is 11.3 Å². The maximum absolute atomic E-state index is 10.8. The van der Waals surface area contributed by atoms with Crippen molar-refractivity contribution < 1.29 is 14.7 Å². The van der Waals surface area contributed by atoms with E-state index in [2.05, 4.69) is 4.98 Å². The highest BCUT2D eigenvalue weighted by molar-refractivity contribution is 7.11. The molecule has 0 spiro atoms. The van der Waals surface area contributed by atoms with Crippen LogP contribution in [0.1, 0.15) is 18.0 Å². The van der Waals surface area contributed by atoms with Crippen molar-refractivity contribution in [2.45, 2.75) is 12.3 Å². The van der Waals surface area contributed by atoms with Gasteiger partial charge < -0.3 is 10.5 Å². The molecule has 1 aliphatic carbocycles. The molecular weight excluding hydrogens is 326 g/mol. The molecule has 3 N–H and O–H groups in total. The van der Waals surface area contributed by atoms with Gasteiger partial charge in [0.2, 0.25) is 0 Å². The van der Waals surface area contributed by atoms with Crippen LogP contribution in [-0.4, -0.2) is 27.8 Å². The van der Waals surface area contributed by atoms with Crippen molar-refractivity contribution in [2.24, 2.45) is 11.7 Å². The fraction of sp³-hybridized carbons (Fsp3) is 0.286. The van der Waals surface area contributed by atoms with Crippen molar-refractivity contribution in [3.05, 3.63) is 40.4 Å². The van der Waals surface area contributed by atoms with E-state index in [4.69, 9.17) is 22.1 Å². The summed E-state index contributed by atoms with van der Waals surface area (Å²) in [6.45, 7) is 0.227. The van der Waals surface area contributed by atoms with Gasteiger partial charge in [0.1, 0.15) is 5.75 Å². The molecule has 1 aliphatic rings. The molecule has 0 saturated heterocycles. The van der Waals surface area contributed by atoms with Gasteiger partial charge in [0.05, 0.1) is 12.2 Å². The van der Waals surface area contributed by atoms with Crippen LogP contribution in [0, 0.1) is 5.92 Å². The van der Waals surface area contributed by atoms with Gasteiger partial charge in [-0.05, 0) is 36.6 Å². The smallest absolute Gasteiger partial charge is 0.338 e. The van der Waals surface area contributed by atoms with Crippen LogP contribution >= 0.6 is 22.9 Å². The van der Waals surface area contributed by atoms with Crippen LogP contribution in [0.2, 0.25) is 5.02 Å². The molecule has 2 aromatic rings. The summed E-state index contributed by atoms with van der Waals surface area (Å²) in [6.07, 6.45) is 0.870. The van der Waals surface area contributed by atoms with Crippen LogP contribution in [0.15, 0.2) is 29.6 Å². The maximum atomic E-state index is 10.8. The van der Waals surface area contributed by atoms with Crippen molar-refractivity contribution in [3.8, 4) is 10.9 Å². The first-order valence-electron chi connectivity index (χ1n) is 6.67. The maximum Gasteiger partial charge on any atom is 0.338 e. The van der Waals surface area contributed by atoms with Crippen LogP contribution in [0.3, 0.4) is 0 Å². The molecule has 2 amide bonds. The van der Waals surface area contributed by atoms with E-state index < -0.39 is 6.03 Å². The van der Waals surface area contributed by atoms with Gasteiger partial charge in [-0.2, -0.15) is 0 Å². The molecule has 1 aromatic heterocycles. The van der Waals surface area contributed by atoms with E-state index in [-0.39, 0.29) is 18.4 Å². The number of primary amides is 1. The average Bonchev–Trinajstić information content (AvgIpc) is 3.09. The van der Waals surface area contributed by atoms with Crippen molar-refractivity contribution in [1.82, 2.24) is 10.0 Å². The fourth-order valence-electron chi connectivity index (χ4n) is 2.21. The van der Waals surface area contributed by atoms with Gasteiger partial charge in [-0.1, -0.05) is 22.9 Å². The zero-order valence-electron chi connectivity index (χ0n) is 11.5. The van der Waals surface area contributed by atoms with Crippen molar-refractivity contribution in [3.63, 3.8) is 0 Å². The van der Waals surface area contributed by atoms with Crippen LogP contribution in [0.25, 0.3) is 0 Å². The predicted molar refractivity (Wildman–Crippen MR) is 82.6 cm³/mol. The zero-order chi connectivity index (χ0) is 15.7. The summed E-state index contributed by atoms with van der Waals surface area (Å²) in [4.78, 5) is 15.2. The number of thiazole rings is 1.